The first-order valence-electron chi connectivity index (χ1n) is 5.52. The molecule has 90 valence electrons. The van der Waals surface area contributed by atoms with E-state index in [4.69, 9.17) is 17.3 Å². The maximum atomic E-state index is 5.96. The fourth-order valence-corrected chi connectivity index (χ4v) is 2.23. The van der Waals surface area contributed by atoms with Crippen molar-refractivity contribution < 1.29 is 0 Å². The molecule has 0 saturated carbocycles. The van der Waals surface area contributed by atoms with Crippen LogP contribution in [0.1, 0.15) is 5.56 Å². The Labute approximate surface area is 109 Å². The van der Waals surface area contributed by atoms with Crippen LogP contribution >= 0.6 is 11.6 Å². The van der Waals surface area contributed by atoms with Gasteiger partial charge in [-0.3, -0.25) is 0 Å². The predicted molar refractivity (Wildman–Crippen MR) is 73.0 cm³/mol. The molecule has 1 aromatic carbocycles. The Balaban J connectivity index is 2.32. The summed E-state index contributed by atoms with van der Waals surface area (Å²) in [5, 5.41) is 5.90. The molecule has 2 N–H and O–H groups in total. The number of aromatic nitrogens is 3. The van der Waals surface area contributed by atoms with Gasteiger partial charge >= 0.3 is 0 Å². The van der Waals surface area contributed by atoms with Crippen molar-refractivity contribution in [1.29, 1.82) is 0 Å². The standard InChI is InChI=1S/C13H11ClN4/c1-8-7-9(14)4-5-11(8)18-13-10(12(15)17-18)3-2-6-16-13/h2-7H,1H3,(H2,15,17). The third kappa shape index (κ3) is 1.62. The molecule has 3 rings (SSSR count). The molecule has 18 heavy (non-hydrogen) atoms. The van der Waals surface area contributed by atoms with Gasteiger partial charge in [-0.05, 0) is 42.8 Å². The smallest absolute Gasteiger partial charge is 0.165 e. The van der Waals surface area contributed by atoms with Gasteiger partial charge < -0.3 is 5.73 Å². The molecule has 0 bridgehead atoms. The van der Waals surface area contributed by atoms with Crippen LogP contribution in [0.2, 0.25) is 5.02 Å². The van der Waals surface area contributed by atoms with Gasteiger partial charge in [0.1, 0.15) is 0 Å². The largest absolute Gasteiger partial charge is 0.382 e. The van der Waals surface area contributed by atoms with Crippen molar-refractivity contribution in [1.82, 2.24) is 14.8 Å². The molecule has 0 amide bonds. The lowest BCUT2D eigenvalue weighted by atomic mass is 10.2. The van der Waals surface area contributed by atoms with E-state index in [1.54, 1.807) is 10.9 Å². The second kappa shape index (κ2) is 3.99. The molecule has 0 aliphatic carbocycles. The lowest BCUT2D eigenvalue weighted by Crippen LogP contribution is -2.00. The number of halogens is 1. The van der Waals surface area contributed by atoms with E-state index in [1.807, 2.05) is 37.3 Å². The molecule has 0 unspecified atom stereocenters. The van der Waals surface area contributed by atoms with Crippen LogP contribution in [0.5, 0.6) is 0 Å². The number of nitrogens with zero attached hydrogens (tertiary/aromatic N) is 3. The van der Waals surface area contributed by atoms with Gasteiger partial charge in [0, 0.05) is 11.2 Å². The Kier molecular flexibility index (Phi) is 2.45. The summed E-state index contributed by atoms with van der Waals surface area (Å²) in [6, 6.07) is 9.39. The molecule has 2 aromatic heterocycles. The van der Waals surface area contributed by atoms with Crippen LogP contribution in [0, 0.1) is 6.92 Å². The molecule has 0 aliphatic rings. The fraction of sp³-hybridized carbons (Fsp3) is 0.0769. The van der Waals surface area contributed by atoms with E-state index in [-0.39, 0.29) is 0 Å². The Hall–Kier alpha value is -2.07. The molecular weight excluding hydrogens is 248 g/mol. The van der Waals surface area contributed by atoms with Crippen molar-refractivity contribution in [3.8, 4) is 5.69 Å². The molecule has 4 nitrogen and oxygen atoms in total. The Morgan fingerprint density at radius 2 is 2.11 bits per heavy atom. The summed E-state index contributed by atoms with van der Waals surface area (Å²) in [7, 11) is 0. The van der Waals surface area contributed by atoms with Gasteiger partial charge in [-0.2, -0.15) is 0 Å². The summed E-state index contributed by atoms with van der Waals surface area (Å²) in [4.78, 5) is 4.33. The van der Waals surface area contributed by atoms with Crippen LogP contribution in [0.4, 0.5) is 5.82 Å². The number of benzene rings is 1. The highest BCUT2D eigenvalue weighted by Gasteiger charge is 2.11. The molecule has 0 atom stereocenters. The molecule has 0 saturated heterocycles. The topological polar surface area (TPSA) is 56.7 Å². The third-order valence-electron chi connectivity index (χ3n) is 2.86. The summed E-state index contributed by atoms with van der Waals surface area (Å²) < 4.78 is 1.75. The predicted octanol–water partition coefficient (Wildman–Crippen LogP) is 2.96. The number of aryl methyl sites for hydroxylation is 1. The van der Waals surface area contributed by atoms with Gasteiger partial charge in [0.15, 0.2) is 11.5 Å². The average Bonchev–Trinajstić information content (AvgIpc) is 2.68. The quantitative estimate of drug-likeness (QED) is 0.730. The van der Waals surface area contributed by atoms with Crippen molar-refractivity contribution in [2.24, 2.45) is 0 Å². The molecule has 3 aromatic rings. The van der Waals surface area contributed by atoms with E-state index in [0.29, 0.717) is 10.8 Å². The van der Waals surface area contributed by atoms with Gasteiger partial charge in [-0.25, -0.2) is 9.67 Å². The highest BCUT2D eigenvalue weighted by molar-refractivity contribution is 6.30. The van der Waals surface area contributed by atoms with Crippen LogP contribution < -0.4 is 5.73 Å². The summed E-state index contributed by atoms with van der Waals surface area (Å²) in [5.41, 5.74) is 8.60. The van der Waals surface area contributed by atoms with Crippen LogP contribution in [-0.4, -0.2) is 14.8 Å². The van der Waals surface area contributed by atoms with E-state index in [1.165, 1.54) is 0 Å². The number of rotatable bonds is 1. The first-order valence-corrected chi connectivity index (χ1v) is 5.90. The van der Waals surface area contributed by atoms with Gasteiger partial charge in [-0.15, -0.1) is 5.10 Å². The summed E-state index contributed by atoms with van der Waals surface area (Å²) >= 11 is 5.96. The van der Waals surface area contributed by atoms with Crippen molar-refractivity contribution in [3.63, 3.8) is 0 Å². The zero-order chi connectivity index (χ0) is 12.7. The van der Waals surface area contributed by atoms with Crippen molar-refractivity contribution in [2.45, 2.75) is 6.92 Å². The minimum absolute atomic E-state index is 0.479. The molecule has 0 aliphatic heterocycles. The number of fused-ring (bicyclic) bond motifs is 1. The van der Waals surface area contributed by atoms with Gasteiger partial charge in [0.05, 0.1) is 11.1 Å². The highest BCUT2D eigenvalue weighted by atomic mass is 35.5. The minimum Gasteiger partial charge on any atom is -0.382 e. The Bertz CT molecular complexity index is 733. The number of nitrogens with two attached hydrogens (primary N) is 1. The van der Waals surface area contributed by atoms with E-state index in [2.05, 4.69) is 10.1 Å². The molecule has 5 heteroatoms. The second-order valence-electron chi connectivity index (χ2n) is 4.10. The normalized spacial score (nSPS) is 11.0. The molecule has 2 heterocycles. The van der Waals surface area contributed by atoms with Crippen molar-refractivity contribution in [2.75, 3.05) is 5.73 Å². The monoisotopic (exact) mass is 258 g/mol. The first-order chi connectivity index (χ1) is 8.66. The van der Waals surface area contributed by atoms with Gasteiger partial charge in [0.25, 0.3) is 0 Å². The zero-order valence-corrected chi connectivity index (χ0v) is 10.5. The van der Waals surface area contributed by atoms with Gasteiger partial charge in [0.2, 0.25) is 0 Å². The molecular formula is C13H11ClN4. The average molecular weight is 259 g/mol. The molecule has 0 radical (unpaired) electrons. The third-order valence-corrected chi connectivity index (χ3v) is 3.09. The van der Waals surface area contributed by atoms with Crippen LogP contribution in [0.25, 0.3) is 16.7 Å². The van der Waals surface area contributed by atoms with Crippen LogP contribution in [0.3, 0.4) is 0 Å². The Morgan fingerprint density at radius 3 is 2.89 bits per heavy atom. The fourth-order valence-electron chi connectivity index (χ4n) is 2.00. The highest BCUT2D eigenvalue weighted by Crippen LogP contribution is 2.24. The van der Waals surface area contributed by atoms with Crippen molar-refractivity contribution >= 4 is 28.5 Å². The second-order valence-corrected chi connectivity index (χ2v) is 4.54. The van der Waals surface area contributed by atoms with E-state index in [0.717, 1.165) is 22.3 Å². The number of anilines is 1. The van der Waals surface area contributed by atoms with Crippen molar-refractivity contribution in [3.05, 3.63) is 47.1 Å². The van der Waals surface area contributed by atoms with Gasteiger partial charge in [-0.1, -0.05) is 11.6 Å². The Morgan fingerprint density at radius 1 is 1.28 bits per heavy atom. The minimum atomic E-state index is 0.479. The van der Waals surface area contributed by atoms with Crippen LogP contribution in [0.15, 0.2) is 36.5 Å². The first kappa shape index (κ1) is 11.0. The summed E-state index contributed by atoms with van der Waals surface area (Å²) in [6.07, 6.45) is 1.73. The lowest BCUT2D eigenvalue weighted by molar-refractivity contribution is 0.894. The number of hydrogen-bond acceptors (Lipinski definition) is 3. The maximum absolute atomic E-state index is 5.96. The van der Waals surface area contributed by atoms with E-state index in [9.17, 15) is 0 Å². The number of pyridine rings is 1. The maximum Gasteiger partial charge on any atom is 0.165 e. The molecule has 0 spiro atoms. The lowest BCUT2D eigenvalue weighted by Gasteiger charge is -2.06. The SMILES string of the molecule is Cc1cc(Cl)ccc1-n1nc(N)c2cccnc21. The zero-order valence-electron chi connectivity index (χ0n) is 9.76. The number of hydrogen-bond donors (Lipinski definition) is 1. The van der Waals surface area contributed by atoms with Crippen LogP contribution in [-0.2, 0) is 0 Å². The summed E-state index contributed by atoms with van der Waals surface area (Å²) in [6.45, 7) is 1.98. The van der Waals surface area contributed by atoms with E-state index >= 15 is 0 Å². The number of nitrogen functional groups attached to an aromatic ring is 1. The molecule has 0 fully saturated rings. The summed E-state index contributed by atoms with van der Waals surface area (Å²) in [5.74, 6) is 0.479. The van der Waals surface area contributed by atoms with E-state index < -0.39 is 0 Å².